The third kappa shape index (κ3) is 5.39. The first-order valence-electron chi connectivity index (χ1n) is 6.72. The molecule has 0 spiro atoms. The summed E-state index contributed by atoms with van der Waals surface area (Å²) in [5, 5.41) is 3.02. The molecular formula is C13H27N3O. The van der Waals surface area contributed by atoms with E-state index in [9.17, 15) is 4.79 Å². The van der Waals surface area contributed by atoms with Crippen LogP contribution in [0.15, 0.2) is 0 Å². The van der Waals surface area contributed by atoms with E-state index >= 15 is 0 Å². The van der Waals surface area contributed by atoms with Crippen LogP contribution in [0.1, 0.15) is 40.5 Å². The molecule has 4 nitrogen and oxygen atoms in total. The van der Waals surface area contributed by atoms with Crippen LogP contribution >= 0.6 is 0 Å². The van der Waals surface area contributed by atoms with E-state index in [-0.39, 0.29) is 11.6 Å². The van der Waals surface area contributed by atoms with Gasteiger partial charge in [0.1, 0.15) is 0 Å². The van der Waals surface area contributed by atoms with Crippen molar-refractivity contribution in [1.82, 2.24) is 15.1 Å². The lowest BCUT2D eigenvalue weighted by Crippen LogP contribution is -2.55. The molecule has 0 unspecified atom stereocenters. The zero-order valence-electron chi connectivity index (χ0n) is 11.8. The number of hydrogen-bond acceptors (Lipinski definition) is 2. The van der Waals surface area contributed by atoms with Gasteiger partial charge in [-0.1, -0.05) is 13.3 Å². The number of piperazine rings is 1. The zero-order chi connectivity index (χ0) is 12.9. The summed E-state index contributed by atoms with van der Waals surface area (Å²) in [6.07, 6.45) is 2.50. The third-order valence-electron chi connectivity index (χ3n) is 2.97. The minimum Gasteiger partial charge on any atom is -0.333 e. The largest absolute Gasteiger partial charge is 0.333 e. The van der Waals surface area contributed by atoms with Crippen LogP contribution in [0.5, 0.6) is 0 Å². The molecule has 1 saturated heterocycles. The van der Waals surface area contributed by atoms with Gasteiger partial charge < -0.3 is 10.2 Å². The van der Waals surface area contributed by atoms with E-state index < -0.39 is 0 Å². The fraction of sp³-hybridized carbons (Fsp3) is 0.923. The Morgan fingerprint density at radius 1 is 1.18 bits per heavy atom. The Balaban J connectivity index is 2.29. The minimum atomic E-state index is -0.142. The molecule has 100 valence electrons. The quantitative estimate of drug-likeness (QED) is 0.819. The molecule has 0 aliphatic carbocycles. The van der Waals surface area contributed by atoms with Crippen molar-refractivity contribution < 1.29 is 4.79 Å². The number of urea groups is 1. The molecule has 17 heavy (non-hydrogen) atoms. The Hall–Kier alpha value is -0.770. The van der Waals surface area contributed by atoms with E-state index in [1.807, 2.05) is 25.7 Å². The van der Waals surface area contributed by atoms with Crippen LogP contribution in [-0.2, 0) is 0 Å². The summed E-state index contributed by atoms with van der Waals surface area (Å²) in [6.45, 7) is 13.2. The second kappa shape index (κ2) is 6.24. The molecule has 1 N–H and O–H groups in total. The highest BCUT2D eigenvalue weighted by Crippen LogP contribution is 2.06. The van der Waals surface area contributed by atoms with Gasteiger partial charge in [0.25, 0.3) is 0 Å². The fourth-order valence-corrected chi connectivity index (χ4v) is 1.96. The first kappa shape index (κ1) is 14.3. The van der Waals surface area contributed by atoms with Gasteiger partial charge in [0.05, 0.1) is 0 Å². The van der Waals surface area contributed by atoms with Gasteiger partial charge >= 0.3 is 6.03 Å². The second-order valence-corrected chi connectivity index (χ2v) is 5.86. The van der Waals surface area contributed by atoms with Crippen molar-refractivity contribution in [2.75, 3.05) is 32.7 Å². The Morgan fingerprint density at radius 2 is 1.76 bits per heavy atom. The monoisotopic (exact) mass is 241 g/mol. The van der Waals surface area contributed by atoms with Crippen molar-refractivity contribution in [3.8, 4) is 0 Å². The first-order valence-corrected chi connectivity index (χ1v) is 6.72. The highest BCUT2D eigenvalue weighted by molar-refractivity contribution is 5.75. The van der Waals surface area contributed by atoms with Crippen molar-refractivity contribution in [2.24, 2.45) is 0 Å². The molecule has 4 heteroatoms. The summed E-state index contributed by atoms with van der Waals surface area (Å²) >= 11 is 0. The number of amides is 2. The van der Waals surface area contributed by atoms with Gasteiger partial charge in [-0.05, 0) is 33.7 Å². The summed E-state index contributed by atoms with van der Waals surface area (Å²) in [6, 6.07) is 0.0765. The van der Waals surface area contributed by atoms with Crippen molar-refractivity contribution in [3.63, 3.8) is 0 Å². The number of unbranched alkanes of at least 4 members (excludes halogenated alkanes) is 1. The normalized spacial score (nSPS) is 18.2. The highest BCUT2D eigenvalue weighted by atomic mass is 16.2. The van der Waals surface area contributed by atoms with Crippen molar-refractivity contribution in [3.05, 3.63) is 0 Å². The average Bonchev–Trinajstić information content (AvgIpc) is 2.24. The number of nitrogens with one attached hydrogen (secondary N) is 1. The van der Waals surface area contributed by atoms with Crippen LogP contribution in [0.3, 0.4) is 0 Å². The van der Waals surface area contributed by atoms with Crippen LogP contribution in [0.25, 0.3) is 0 Å². The highest BCUT2D eigenvalue weighted by Gasteiger charge is 2.23. The van der Waals surface area contributed by atoms with E-state index in [1.54, 1.807) is 0 Å². The molecule has 1 fully saturated rings. The molecule has 0 aromatic heterocycles. The van der Waals surface area contributed by atoms with Gasteiger partial charge in [-0.3, -0.25) is 4.90 Å². The van der Waals surface area contributed by atoms with E-state index in [0.29, 0.717) is 0 Å². The second-order valence-electron chi connectivity index (χ2n) is 5.86. The molecule has 0 bridgehead atoms. The number of hydrogen-bond donors (Lipinski definition) is 1. The summed E-state index contributed by atoms with van der Waals surface area (Å²) in [4.78, 5) is 16.3. The Labute approximate surface area is 105 Å². The van der Waals surface area contributed by atoms with E-state index in [4.69, 9.17) is 0 Å². The van der Waals surface area contributed by atoms with Crippen molar-refractivity contribution in [1.29, 1.82) is 0 Å². The number of carbonyl (C=O) groups is 1. The zero-order valence-corrected chi connectivity index (χ0v) is 11.8. The van der Waals surface area contributed by atoms with Gasteiger partial charge in [-0.25, -0.2) is 4.79 Å². The van der Waals surface area contributed by atoms with Gasteiger partial charge in [0.15, 0.2) is 0 Å². The van der Waals surface area contributed by atoms with Crippen LogP contribution in [0, 0.1) is 0 Å². The van der Waals surface area contributed by atoms with Crippen LogP contribution in [0.4, 0.5) is 4.79 Å². The lowest BCUT2D eigenvalue weighted by atomic mass is 10.1. The van der Waals surface area contributed by atoms with Gasteiger partial charge in [0, 0.05) is 31.7 Å². The predicted molar refractivity (Wildman–Crippen MR) is 71.2 cm³/mol. The topological polar surface area (TPSA) is 35.6 Å². The predicted octanol–water partition coefficient (Wildman–Crippen LogP) is 1.91. The summed E-state index contributed by atoms with van der Waals surface area (Å²) in [5.74, 6) is 0. The Bertz CT molecular complexity index is 240. The van der Waals surface area contributed by atoms with Crippen LogP contribution in [0.2, 0.25) is 0 Å². The van der Waals surface area contributed by atoms with Crippen LogP contribution < -0.4 is 5.32 Å². The van der Waals surface area contributed by atoms with Gasteiger partial charge in [-0.15, -0.1) is 0 Å². The molecule has 1 aliphatic heterocycles. The SMILES string of the molecule is CCCCN1CCN(C(=O)NC(C)(C)C)CC1. The molecule has 0 aromatic carbocycles. The average molecular weight is 241 g/mol. The third-order valence-corrected chi connectivity index (χ3v) is 2.97. The number of nitrogens with zero attached hydrogens (tertiary/aromatic N) is 2. The molecule has 1 aliphatic rings. The van der Waals surface area contributed by atoms with Crippen molar-refractivity contribution in [2.45, 2.75) is 46.1 Å². The van der Waals surface area contributed by atoms with Gasteiger partial charge in [0.2, 0.25) is 0 Å². The number of rotatable bonds is 3. The smallest absolute Gasteiger partial charge is 0.317 e. The maximum absolute atomic E-state index is 11.9. The molecule has 0 saturated carbocycles. The Morgan fingerprint density at radius 3 is 2.24 bits per heavy atom. The van der Waals surface area contributed by atoms with Gasteiger partial charge in [-0.2, -0.15) is 0 Å². The Kier molecular flexibility index (Phi) is 5.25. The summed E-state index contributed by atoms with van der Waals surface area (Å²) in [5.41, 5.74) is -0.142. The lowest BCUT2D eigenvalue weighted by molar-refractivity contribution is 0.134. The molecule has 0 atom stereocenters. The molecular weight excluding hydrogens is 214 g/mol. The first-order chi connectivity index (χ1) is 7.92. The number of carbonyl (C=O) groups excluding carboxylic acids is 1. The maximum atomic E-state index is 11.9. The van der Waals surface area contributed by atoms with Crippen molar-refractivity contribution >= 4 is 6.03 Å². The maximum Gasteiger partial charge on any atom is 0.317 e. The lowest BCUT2D eigenvalue weighted by Gasteiger charge is -2.36. The van der Waals surface area contributed by atoms with Crippen LogP contribution in [-0.4, -0.2) is 54.1 Å². The summed E-state index contributed by atoms with van der Waals surface area (Å²) < 4.78 is 0. The minimum absolute atomic E-state index is 0.0765. The fourth-order valence-electron chi connectivity index (χ4n) is 1.96. The van der Waals surface area contributed by atoms with E-state index in [2.05, 4.69) is 17.1 Å². The summed E-state index contributed by atoms with van der Waals surface area (Å²) in [7, 11) is 0. The molecule has 0 aromatic rings. The molecule has 0 radical (unpaired) electrons. The molecule has 2 amide bonds. The standard InChI is InChI=1S/C13H27N3O/c1-5-6-7-15-8-10-16(11-9-15)12(17)14-13(2,3)4/h5-11H2,1-4H3,(H,14,17). The molecule has 1 rings (SSSR count). The van der Waals surface area contributed by atoms with E-state index in [0.717, 1.165) is 26.2 Å². The molecule has 1 heterocycles. The van der Waals surface area contributed by atoms with E-state index in [1.165, 1.54) is 19.4 Å².